The Balaban J connectivity index is 1.80. The number of nitriles is 1. The molecule has 0 spiro atoms. The predicted octanol–water partition coefficient (Wildman–Crippen LogP) is 3.28. The zero-order valence-corrected chi connectivity index (χ0v) is 18.6. The van der Waals surface area contributed by atoms with Gasteiger partial charge in [0.05, 0.1) is 45.5 Å². The molecule has 1 aliphatic carbocycles. The van der Waals surface area contributed by atoms with E-state index in [1.165, 1.54) is 12.4 Å². The van der Waals surface area contributed by atoms with Crippen molar-refractivity contribution in [1.29, 1.82) is 5.26 Å². The lowest BCUT2D eigenvalue weighted by Crippen LogP contribution is -2.46. The van der Waals surface area contributed by atoms with E-state index in [9.17, 15) is 9.90 Å². The smallest absolute Gasteiger partial charge is 0.252 e. The molecule has 3 heterocycles. The van der Waals surface area contributed by atoms with Crippen molar-refractivity contribution in [3.8, 4) is 17.5 Å². The van der Waals surface area contributed by atoms with E-state index in [1.54, 1.807) is 10.6 Å². The van der Waals surface area contributed by atoms with Crippen molar-refractivity contribution in [1.82, 2.24) is 14.6 Å². The van der Waals surface area contributed by atoms with Gasteiger partial charge in [-0.05, 0) is 70.7 Å². The van der Waals surface area contributed by atoms with Crippen LogP contribution in [0.2, 0.25) is 0 Å². The van der Waals surface area contributed by atoms with Gasteiger partial charge in [-0.1, -0.05) is 0 Å². The summed E-state index contributed by atoms with van der Waals surface area (Å²) in [5.41, 5.74) is 8.89. The standard InChI is InChI=1S/C24H28N6O2/c1-15(2)29(17-6-8-24(3,32)9-7-17)22-11-20(27-14-19(22)23(26)31)21-5-4-18-10-16(12-25)13-28-30(18)21/h4-5,10-11,13-15,17,32H,6-9H2,1-3H3,(H2,26,31). The van der Waals surface area contributed by atoms with Gasteiger partial charge in [0.1, 0.15) is 6.07 Å². The summed E-state index contributed by atoms with van der Waals surface area (Å²) in [5.74, 6) is -0.524. The fourth-order valence-corrected chi connectivity index (χ4v) is 4.64. The summed E-state index contributed by atoms with van der Waals surface area (Å²) in [7, 11) is 0. The lowest BCUT2D eigenvalue weighted by molar-refractivity contribution is 0.0165. The van der Waals surface area contributed by atoms with Gasteiger partial charge in [0.2, 0.25) is 0 Å². The van der Waals surface area contributed by atoms with Gasteiger partial charge in [0, 0.05) is 18.3 Å². The Kier molecular flexibility index (Phi) is 5.61. The number of fused-ring (bicyclic) bond motifs is 1. The number of amides is 1. The number of carbonyl (C=O) groups is 1. The summed E-state index contributed by atoms with van der Waals surface area (Å²) in [5, 5.41) is 23.9. The number of hydrogen-bond acceptors (Lipinski definition) is 6. The summed E-state index contributed by atoms with van der Waals surface area (Å²) in [6.07, 6.45) is 6.12. The molecule has 1 aliphatic rings. The third-order valence-electron chi connectivity index (χ3n) is 6.30. The molecule has 1 saturated carbocycles. The number of carbonyl (C=O) groups excluding carboxylic acids is 1. The van der Waals surface area contributed by atoms with Gasteiger partial charge in [0.15, 0.2) is 0 Å². The van der Waals surface area contributed by atoms with Gasteiger partial charge in [-0.15, -0.1) is 0 Å². The molecule has 3 N–H and O–H groups in total. The number of pyridine rings is 1. The van der Waals surface area contributed by atoms with E-state index >= 15 is 0 Å². The fraction of sp³-hybridized carbons (Fsp3) is 0.417. The maximum absolute atomic E-state index is 12.3. The number of anilines is 1. The second kappa shape index (κ2) is 8.24. The summed E-state index contributed by atoms with van der Waals surface area (Å²) in [6.45, 7) is 6.06. The Labute approximate surface area is 187 Å². The van der Waals surface area contributed by atoms with Crippen molar-refractivity contribution in [3.63, 3.8) is 0 Å². The number of primary amides is 1. The molecule has 0 unspecified atom stereocenters. The first-order chi connectivity index (χ1) is 15.2. The minimum Gasteiger partial charge on any atom is -0.390 e. The third-order valence-corrected chi connectivity index (χ3v) is 6.30. The molecule has 1 fully saturated rings. The molecule has 166 valence electrons. The first-order valence-corrected chi connectivity index (χ1v) is 10.9. The quantitative estimate of drug-likeness (QED) is 0.638. The van der Waals surface area contributed by atoms with Gasteiger partial charge < -0.3 is 15.7 Å². The Hall–Kier alpha value is -3.44. The number of hydrogen-bond donors (Lipinski definition) is 2. The normalized spacial score (nSPS) is 20.9. The number of aliphatic hydroxyl groups is 1. The van der Waals surface area contributed by atoms with Gasteiger partial charge in [-0.3, -0.25) is 9.78 Å². The van der Waals surface area contributed by atoms with Crippen molar-refractivity contribution in [3.05, 3.63) is 47.8 Å². The SMILES string of the molecule is CC(C)N(c1cc(-c2ccc3cc(C#N)cnn23)ncc1C(N)=O)C1CCC(C)(O)CC1. The van der Waals surface area contributed by atoms with E-state index in [4.69, 9.17) is 11.0 Å². The van der Waals surface area contributed by atoms with Crippen LogP contribution in [0.5, 0.6) is 0 Å². The van der Waals surface area contributed by atoms with Crippen molar-refractivity contribution in [2.45, 2.75) is 64.1 Å². The highest BCUT2D eigenvalue weighted by atomic mass is 16.3. The van der Waals surface area contributed by atoms with Gasteiger partial charge in [0.25, 0.3) is 5.91 Å². The number of rotatable bonds is 5. The van der Waals surface area contributed by atoms with E-state index in [0.29, 0.717) is 29.7 Å². The van der Waals surface area contributed by atoms with Crippen LogP contribution in [0.25, 0.3) is 16.9 Å². The summed E-state index contributed by atoms with van der Waals surface area (Å²) in [6, 6.07) is 9.86. The van der Waals surface area contributed by atoms with E-state index in [-0.39, 0.29) is 12.1 Å². The molecule has 0 radical (unpaired) electrons. The predicted molar refractivity (Wildman–Crippen MR) is 122 cm³/mol. The molecule has 4 rings (SSSR count). The van der Waals surface area contributed by atoms with E-state index in [0.717, 1.165) is 29.7 Å². The minimum atomic E-state index is -0.645. The highest BCUT2D eigenvalue weighted by Gasteiger charge is 2.34. The van der Waals surface area contributed by atoms with Crippen molar-refractivity contribution >= 4 is 17.1 Å². The zero-order valence-electron chi connectivity index (χ0n) is 18.6. The van der Waals surface area contributed by atoms with Crippen LogP contribution in [0.4, 0.5) is 5.69 Å². The molecule has 0 aliphatic heterocycles. The third kappa shape index (κ3) is 4.04. The minimum absolute atomic E-state index is 0.122. The van der Waals surface area contributed by atoms with Gasteiger partial charge in [-0.2, -0.15) is 10.4 Å². The molecular weight excluding hydrogens is 404 g/mol. The molecule has 32 heavy (non-hydrogen) atoms. The average molecular weight is 433 g/mol. The molecule has 8 nitrogen and oxygen atoms in total. The van der Waals surface area contributed by atoms with Crippen molar-refractivity contribution in [2.75, 3.05) is 4.90 Å². The summed E-state index contributed by atoms with van der Waals surface area (Å²) < 4.78 is 1.73. The molecule has 3 aromatic rings. The topological polar surface area (TPSA) is 121 Å². The maximum atomic E-state index is 12.3. The molecule has 0 saturated heterocycles. The van der Waals surface area contributed by atoms with E-state index < -0.39 is 11.5 Å². The first-order valence-electron chi connectivity index (χ1n) is 10.9. The second-order valence-electron chi connectivity index (χ2n) is 9.09. The van der Waals surface area contributed by atoms with Crippen LogP contribution < -0.4 is 10.6 Å². The van der Waals surface area contributed by atoms with Crippen LogP contribution in [0.1, 0.15) is 62.4 Å². The van der Waals surface area contributed by atoms with Crippen molar-refractivity contribution in [2.24, 2.45) is 5.73 Å². The zero-order chi connectivity index (χ0) is 23.0. The molecule has 0 atom stereocenters. The lowest BCUT2D eigenvalue weighted by Gasteiger charge is -2.43. The van der Waals surface area contributed by atoms with Gasteiger partial charge in [-0.25, -0.2) is 4.52 Å². The van der Waals surface area contributed by atoms with Crippen LogP contribution in [0.15, 0.2) is 36.7 Å². The average Bonchev–Trinajstić information content (AvgIpc) is 3.17. The number of nitrogens with two attached hydrogens (primary N) is 1. The second-order valence-corrected chi connectivity index (χ2v) is 9.09. The summed E-state index contributed by atoms with van der Waals surface area (Å²) in [4.78, 5) is 19.0. The largest absolute Gasteiger partial charge is 0.390 e. The molecule has 0 bridgehead atoms. The van der Waals surface area contributed by atoms with E-state index in [2.05, 4.69) is 34.9 Å². The monoisotopic (exact) mass is 432 g/mol. The molecule has 0 aromatic carbocycles. The Morgan fingerprint density at radius 1 is 1.31 bits per heavy atom. The Morgan fingerprint density at radius 2 is 2.03 bits per heavy atom. The summed E-state index contributed by atoms with van der Waals surface area (Å²) >= 11 is 0. The molecule has 8 heteroatoms. The number of nitrogens with zero attached hydrogens (tertiary/aromatic N) is 5. The lowest BCUT2D eigenvalue weighted by atomic mass is 9.82. The van der Waals surface area contributed by atoms with Crippen LogP contribution in [-0.4, -0.2) is 43.3 Å². The highest BCUT2D eigenvalue weighted by molar-refractivity contribution is 5.99. The highest BCUT2D eigenvalue weighted by Crippen LogP contribution is 2.36. The van der Waals surface area contributed by atoms with Crippen LogP contribution in [-0.2, 0) is 0 Å². The van der Waals surface area contributed by atoms with Crippen LogP contribution in [0, 0.1) is 11.3 Å². The fourth-order valence-electron chi connectivity index (χ4n) is 4.64. The first kappa shape index (κ1) is 21.8. The molecule has 3 aromatic heterocycles. The maximum Gasteiger partial charge on any atom is 0.252 e. The van der Waals surface area contributed by atoms with Crippen LogP contribution >= 0.6 is 0 Å². The van der Waals surface area contributed by atoms with Crippen molar-refractivity contribution < 1.29 is 9.90 Å². The number of aromatic nitrogens is 3. The van der Waals surface area contributed by atoms with Crippen LogP contribution in [0.3, 0.4) is 0 Å². The Bertz CT molecular complexity index is 1200. The Morgan fingerprint density at radius 3 is 2.66 bits per heavy atom. The van der Waals surface area contributed by atoms with E-state index in [1.807, 2.05) is 25.1 Å². The molecule has 1 amide bonds. The molecular formula is C24H28N6O2. The van der Waals surface area contributed by atoms with Gasteiger partial charge >= 0.3 is 0 Å².